The molecule has 1 amide bonds. The van der Waals surface area contributed by atoms with Crippen LogP contribution in [-0.2, 0) is 14.3 Å². The fourth-order valence-corrected chi connectivity index (χ4v) is 4.61. The molecule has 3 aromatic rings. The van der Waals surface area contributed by atoms with Gasteiger partial charge in [0, 0.05) is 28.5 Å². The smallest absolute Gasteiger partial charge is 0.244 e. The molecule has 9 heteroatoms. The zero-order valence-electron chi connectivity index (χ0n) is 18.3. The van der Waals surface area contributed by atoms with E-state index in [4.69, 9.17) is 21.1 Å². The van der Waals surface area contributed by atoms with E-state index in [1.165, 1.54) is 0 Å². The third-order valence-corrected chi connectivity index (χ3v) is 6.10. The first-order valence-corrected chi connectivity index (χ1v) is 11.1. The lowest BCUT2D eigenvalue weighted by Gasteiger charge is -2.42. The standard InChI is InChI=1S/C23H26ClN5O3/c1-13-10-31-20(26-13)9-29-12-23(2,3)32-11-19(29)22(30)28-17-7-14(24)6-16-15-4-5-25-8-18(15)27-21(16)17/h4-8,13,19,27H,9-12H2,1-3H3,(H,28,30)/t13-,19-/m0/s1. The van der Waals surface area contributed by atoms with Gasteiger partial charge in [0.15, 0.2) is 5.90 Å². The largest absolute Gasteiger partial charge is 0.478 e. The van der Waals surface area contributed by atoms with E-state index in [1.807, 2.05) is 32.9 Å². The van der Waals surface area contributed by atoms with Gasteiger partial charge in [-0.1, -0.05) is 11.6 Å². The Morgan fingerprint density at radius 2 is 2.19 bits per heavy atom. The maximum Gasteiger partial charge on any atom is 0.244 e. The lowest BCUT2D eigenvalue weighted by Crippen LogP contribution is -2.59. The number of pyridine rings is 1. The van der Waals surface area contributed by atoms with Crippen molar-refractivity contribution in [2.75, 3.05) is 31.6 Å². The van der Waals surface area contributed by atoms with Crippen molar-refractivity contribution in [3.8, 4) is 0 Å². The highest BCUT2D eigenvalue weighted by Crippen LogP contribution is 2.33. The van der Waals surface area contributed by atoms with Gasteiger partial charge >= 0.3 is 0 Å². The number of carbonyl (C=O) groups is 1. The molecule has 2 atom stereocenters. The minimum absolute atomic E-state index is 0.141. The Balaban J connectivity index is 1.44. The van der Waals surface area contributed by atoms with E-state index < -0.39 is 6.04 Å². The molecule has 0 aliphatic carbocycles. The Labute approximate surface area is 190 Å². The topological polar surface area (TPSA) is 91.8 Å². The predicted octanol–water partition coefficient (Wildman–Crippen LogP) is 3.60. The van der Waals surface area contributed by atoms with Gasteiger partial charge in [-0.2, -0.15) is 0 Å². The third kappa shape index (κ3) is 4.05. The average molecular weight is 456 g/mol. The number of rotatable bonds is 4. The molecule has 0 bridgehead atoms. The zero-order chi connectivity index (χ0) is 22.5. The van der Waals surface area contributed by atoms with Crippen LogP contribution in [0, 0.1) is 0 Å². The van der Waals surface area contributed by atoms with Crippen molar-refractivity contribution in [2.45, 2.75) is 38.5 Å². The summed E-state index contributed by atoms with van der Waals surface area (Å²) in [7, 11) is 0. The number of morpholine rings is 1. The molecular formula is C23H26ClN5O3. The molecule has 2 N–H and O–H groups in total. The number of H-pyrrole nitrogens is 1. The maximum absolute atomic E-state index is 13.4. The molecule has 1 fully saturated rings. The van der Waals surface area contributed by atoms with Crippen LogP contribution in [0.3, 0.4) is 0 Å². The van der Waals surface area contributed by atoms with Crippen LogP contribution in [0.2, 0.25) is 5.02 Å². The molecule has 0 saturated carbocycles. The fourth-order valence-electron chi connectivity index (χ4n) is 4.39. The Bertz CT molecular complexity index is 1220. The number of amides is 1. The van der Waals surface area contributed by atoms with E-state index in [-0.39, 0.29) is 24.2 Å². The number of hydrogen-bond acceptors (Lipinski definition) is 6. The molecule has 4 heterocycles. The van der Waals surface area contributed by atoms with Gasteiger partial charge in [0.1, 0.15) is 12.6 Å². The van der Waals surface area contributed by atoms with Crippen LogP contribution in [0.5, 0.6) is 0 Å². The second-order valence-electron chi connectivity index (χ2n) is 9.09. The number of aromatic amines is 1. The monoisotopic (exact) mass is 455 g/mol. The summed E-state index contributed by atoms with van der Waals surface area (Å²) in [4.78, 5) is 27.6. The Morgan fingerprint density at radius 1 is 1.34 bits per heavy atom. The molecular weight excluding hydrogens is 430 g/mol. The van der Waals surface area contributed by atoms with Crippen molar-refractivity contribution >= 4 is 50.9 Å². The highest BCUT2D eigenvalue weighted by atomic mass is 35.5. The molecule has 1 aromatic carbocycles. The number of aliphatic imine (C=N–C) groups is 1. The van der Waals surface area contributed by atoms with Gasteiger partial charge in [0.05, 0.1) is 47.7 Å². The van der Waals surface area contributed by atoms with Gasteiger partial charge in [-0.3, -0.25) is 14.7 Å². The molecule has 0 unspecified atom stereocenters. The number of halogens is 1. The maximum atomic E-state index is 13.4. The minimum Gasteiger partial charge on any atom is -0.478 e. The van der Waals surface area contributed by atoms with Gasteiger partial charge in [-0.05, 0) is 39.0 Å². The van der Waals surface area contributed by atoms with Crippen molar-refractivity contribution in [2.24, 2.45) is 4.99 Å². The van der Waals surface area contributed by atoms with E-state index in [0.717, 1.165) is 21.8 Å². The molecule has 0 radical (unpaired) electrons. The van der Waals surface area contributed by atoms with Crippen LogP contribution in [-0.4, -0.2) is 70.7 Å². The molecule has 168 valence electrons. The van der Waals surface area contributed by atoms with E-state index in [2.05, 4.69) is 25.2 Å². The summed E-state index contributed by atoms with van der Waals surface area (Å²) in [6.07, 6.45) is 3.50. The first-order chi connectivity index (χ1) is 15.3. The van der Waals surface area contributed by atoms with Crippen molar-refractivity contribution in [1.82, 2.24) is 14.9 Å². The van der Waals surface area contributed by atoms with Gasteiger partial charge < -0.3 is 19.8 Å². The number of nitrogens with one attached hydrogen (secondary N) is 2. The van der Waals surface area contributed by atoms with Crippen LogP contribution >= 0.6 is 11.6 Å². The summed E-state index contributed by atoms with van der Waals surface area (Å²) >= 11 is 6.40. The van der Waals surface area contributed by atoms with E-state index in [0.29, 0.717) is 36.3 Å². The molecule has 1 saturated heterocycles. The molecule has 8 nitrogen and oxygen atoms in total. The average Bonchev–Trinajstić information content (AvgIpc) is 3.30. The molecule has 2 aliphatic heterocycles. The lowest BCUT2D eigenvalue weighted by atomic mass is 10.0. The summed E-state index contributed by atoms with van der Waals surface area (Å²) in [5.41, 5.74) is 1.96. The van der Waals surface area contributed by atoms with Gasteiger partial charge in [-0.15, -0.1) is 0 Å². The van der Waals surface area contributed by atoms with Crippen molar-refractivity contribution < 1.29 is 14.3 Å². The summed E-state index contributed by atoms with van der Waals surface area (Å²) in [6.45, 7) is 7.97. The van der Waals surface area contributed by atoms with Crippen molar-refractivity contribution in [1.29, 1.82) is 0 Å². The predicted molar refractivity (Wildman–Crippen MR) is 125 cm³/mol. The summed E-state index contributed by atoms with van der Waals surface area (Å²) < 4.78 is 11.7. The molecule has 32 heavy (non-hydrogen) atoms. The molecule has 5 rings (SSSR count). The van der Waals surface area contributed by atoms with E-state index in [9.17, 15) is 4.79 Å². The molecule has 2 aromatic heterocycles. The first kappa shape index (κ1) is 21.2. The summed E-state index contributed by atoms with van der Waals surface area (Å²) in [6, 6.07) is 5.24. The normalized spacial score (nSPS) is 23.3. The lowest BCUT2D eigenvalue weighted by molar-refractivity contribution is -0.141. The SMILES string of the molecule is C[C@H]1COC(CN2CC(C)(C)OC[C@H]2C(=O)Nc2cc(Cl)cc3c2[nH]c2cnccc23)=N1. The second-order valence-corrected chi connectivity index (χ2v) is 9.52. The second kappa shape index (κ2) is 8.03. The van der Waals surface area contributed by atoms with Gasteiger partial charge in [0.25, 0.3) is 0 Å². The number of hydrogen-bond donors (Lipinski definition) is 2. The zero-order valence-corrected chi connectivity index (χ0v) is 19.1. The van der Waals surface area contributed by atoms with E-state index in [1.54, 1.807) is 18.5 Å². The van der Waals surface area contributed by atoms with Gasteiger partial charge in [0.2, 0.25) is 5.91 Å². The van der Waals surface area contributed by atoms with Crippen LogP contribution in [0.1, 0.15) is 20.8 Å². The third-order valence-electron chi connectivity index (χ3n) is 5.89. The number of ether oxygens (including phenoxy) is 2. The highest BCUT2D eigenvalue weighted by molar-refractivity contribution is 6.33. The number of carbonyl (C=O) groups excluding carboxylic acids is 1. The van der Waals surface area contributed by atoms with Crippen LogP contribution in [0.25, 0.3) is 21.8 Å². The summed E-state index contributed by atoms with van der Waals surface area (Å²) in [5.74, 6) is 0.508. The Kier molecular flexibility index (Phi) is 5.31. The molecule has 2 aliphatic rings. The van der Waals surface area contributed by atoms with Gasteiger partial charge in [-0.25, -0.2) is 4.99 Å². The van der Waals surface area contributed by atoms with Crippen molar-refractivity contribution in [3.63, 3.8) is 0 Å². The summed E-state index contributed by atoms with van der Waals surface area (Å²) in [5, 5.41) is 5.56. The Hall–Kier alpha value is -2.68. The number of aromatic nitrogens is 2. The van der Waals surface area contributed by atoms with E-state index >= 15 is 0 Å². The van der Waals surface area contributed by atoms with Crippen LogP contribution in [0.15, 0.2) is 35.6 Å². The highest BCUT2D eigenvalue weighted by Gasteiger charge is 2.39. The quantitative estimate of drug-likeness (QED) is 0.627. The van der Waals surface area contributed by atoms with Crippen LogP contribution < -0.4 is 5.32 Å². The van der Waals surface area contributed by atoms with Crippen LogP contribution in [0.4, 0.5) is 5.69 Å². The van der Waals surface area contributed by atoms with Crippen molar-refractivity contribution in [3.05, 3.63) is 35.6 Å². The fraction of sp³-hybridized carbons (Fsp3) is 0.435. The number of anilines is 1. The first-order valence-electron chi connectivity index (χ1n) is 10.7. The minimum atomic E-state index is -0.481. The number of fused-ring (bicyclic) bond motifs is 3. The number of nitrogens with zero attached hydrogens (tertiary/aromatic N) is 3. The molecule has 0 spiro atoms. The Morgan fingerprint density at radius 3 is 2.97 bits per heavy atom. The number of benzene rings is 1.